The lowest BCUT2D eigenvalue weighted by molar-refractivity contribution is -0.133. The number of carbonyl (C=O) groups is 1. The summed E-state index contributed by atoms with van der Waals surface area (Å²) < 4.78 is 64.1. The van der Waals surface area contributed by atoms with Crippen LogP contribution in [-0.2, 0) is 24.0 Å². The van der Waals surface area contributed by atoms with Crippen molar-refractivity contribution in [1.29, 1.82) is 0 Å². The van der Waals surface area contributed by atoms with E-state index >= 15 is 0 Å². The Morgan fingerprint density at radius 1 is 1.13 bits per heavy atom. The van der Waals surface area contributed by atoms with Crippen LogP contribution in [0.15, 0.2) is 18.2 Å². The second-order valence-electron chi connectivity index (χ2n) is 8.20. The first-order valence-electron chi connectivity index (χ1n) is 10.8. The minimum absolute atomic E-state index is 0.00792. The van der Waals surface area contributed by atoms with Gasteiger partial charge in [0, 0.05) is 24.6 Å². The van der Waals surface area contributed by atoms with Crippen molar-refractivity contribution in [1.82, 2.24) is 10.0 Å². The van der Waals surface area contributed by atoms with Gasteiger partial charge in [-0.2, -0.15) is 13.1 Å². The Hall–Kier alpha value is -1.62. The molecule has 0 amide bonds. The van der Waals surface area contributed by atoms with Gasteiger partial charge in [0.2, 0.25) is 0 Å². The molecule has 10 heteroatoms. The van der Waals surface area contributed by atoms with Crippen molar-refractivity contribution < 1.29 is 30.9 Å². The molecule has 7 nitrogen and oxygen atoms in total. The van der Waals surface area contributed by atoms with Gasteiger partial charge in [0.05, 0.1) is 12.7 Å². The van der Waals surface area contributed by atoms with Crippen molar-refractivity contribution in [2.24, 2.45) is 0 Å². The van der Waals surface area contributed by atoms with Gasteiger partial charge in [-0.05, 0) is 68.7 Å². The highest BCUT2D eigenvalue weighted by Crippen LogP contribution is 2.34. The number of nitrogens with one attached hydrogen (secondary N) is 2. The molecule has 2 fully saturated rings. The van der Waals surface area contributed by atoms with Crippen LogP contribution in [0.3, 0.4) is 0 Å². The van der Waals surface area contributed by atoms with E-state index in [0.29, 0.717) is 18.6 Å². The molecule has 1 saturated heterocycles. The fourth-order valence-electron chi connectivity index (χ4n) is 4.27. The summed E-state index contributed by atoms with van der Waals surface area (Å²) in [6.45, 7) is 2.59. The fraction of sp³-hybridized carbons (Fsp3) is 0.667. The number of carbonyl (C=O) groups excluding carboxylic acids is 1. The molecule has 3 rings (SSSR count). The maximum absolute atomic E-state index is 13.5. The van der Waals surface area contributed by atoms with E-state index in [9.17, 15) is 22.0 Å². The number of rotatable bonds is 8. The molecular weight excluding hydrogens is 430 g/mol. The standard InChI is InChI=1S/C21H30F2N2O5S/c1-2-21(26)30-31(27,28)25-19-4-3-9-24-20(19)13-29-18-7-5-14(6-8-18)15-10-16(22)12-17(23)11-15/h10-12,14,18-20,24-25H,2-9,13H2,1H3. The lowest BCUT2D eigenvalue weighted by atomic mass is 9.82. The average Bonchev–Trinajstić information content (AvgIpc) is 2.72. The van der Waals surface area contributed by atoms with Crippen LogP contribution < -0.4 is 10.0 Å². The van der Waals surface area contributed by atoms with Crippen molar-refractivity contribution in [3.63, 3.8) is 0 Å². The number of hydrogen-bond donors (Lipinski definition) is 2. The summed E-state index contributed by atoms with van der Waals surface area (Å²) in [5.74, 6) is -1.82. The van der Waals surface area contributed by atoms with Gasteiger partial charge in [0.25, 0.3) is 0 Å². The Kier molecular flexibility index (Phi) is 8.37. The van der Waals surface area contributed by atoms with E-state index in [1.54, 1.807) is 0 Å². The van der Waals surface area contributed by atoms with Gasteiger partial charge in [-0.25, -0.2) is 8.78 Å². The number of benzene rings is 1. The third-order valence-corrected chi connectivity index (χ3v) is 6.91. The number of halogens is 2. The van der Waals surface area contributed by atoms with Crippen molar-refractivity contribution in [2.75, 3.05) is 13.2 Å². The Balaban J connectivity index is 1.49. The maximum atomic E-state index is 13.5. The topological polar surface area (TPSA) is 93.7 Å². The molecule has 0 bridgehead atoms. The van der Waals surface area contributed by atoms with E-state index in [0.717, 1.165) is 44.7 Å². The summed E-state index contributed by atoms with van der Waals surface area (Å²) in [7, 11) is -4.17. The average molecular weight is 461 g/mol. The van der Waals surface area contributed by atoms with Gasteiger partial charge in [0.15, 0.2) is 0 Å². The molecule has 2 aliphatic rings. The van der Waals surface area contributed by atoms with E-state index in [2.05, 4.69) is 14.2 Å². The molecule has 174 valence electrons. The van der Waals surface area contributed by atoms with Gasteiger partial charge in [-0.15, -0.1) is 0 Å². The zero-order valence-corrected chi connectivity index (χ0v) is 18.4. The smallest absolute Gasteiger partial charge is 0.377 e. The van der Waals surface area contributed by atoms with Gasteiger partial charge >= 0.3 is 16.3 Å². The van der Waals surface area contributed by atoms with Crippen LogP contribution in [0.1, 0.15) is 63.4 Å². The SMILES string of the molecule is CCC(=O)OS(=O)(=O)NC1CCCNC1COC1CCC(c2cc(F)cc(F)c2)CC1. The molecule has 0 aromatic heterocycles. The molecule has 1 aromatic rings. The van der Waals surface area contributed by atoms with Crippen molar-refractivity contribution >= 4 is 16.3 Å². The molecule has 1 aromatic carbocycles. The summed E-state index contributed by atoms with van der Waals surface area (Å²) in [5.41, 5.74) is 0.681. The summed E-state index contributed by atoms with van der Waals surface area (Å²) in [6.07, 6.45) is 4.46. The van der Waals surface area contributed by atoms with E-state index in [1.807, 2.05) is 0 Å². The van der Waals surface area contributed by atoms with Gasteiger partial charge in [-0.3, -0.25) is 4.79 Å². The van der Waals surface area contributed by atoms with E-state index < -0.39 is 33.9 Å². The number of piperidine rings is 1. The van der Waals surface area contributed by atoms with Crippen LogP contribution in [0.2, 0.25) is 0 Å². The Morgan fingerprint density at radius 2 is 1.81 bits per heavy atom. The number of hydrogen-bond acceptors (Lipinski definition) is 6. The van der Waals surface area contributed by atoms with Gasteiger partial charge in [-0.1, -0.05) is 6.92 Å². The first-order valence-corrected chi connectivity index (χ1v) is 12.2. The quantitative estimate of drug-likeness (QED) is 0.620. The second kappa shape index (κ2) is 10.8. The zero-order chi connectivity index (χ0) is 22.4. The van der Waals surface area contributed by atoms with Gasteiger partial charge < -0.3 is 14.2 Å². The summed E-state index contributed by atoms with van der Waals surface area (Å²) in [6, 6.07) is 2.99. The summed E-state index contributed by atoms with van der Waals surface area (Å²) in [4.78, 5) is 11.3. The molecule has 2 atom stereocenters. The third-order valence-electron chi connectivity index (χ3n) is 5.91. The van der Waals surface area contributed by atoms with Crippen molar-refractivity contribution in [3.8, 4) is 0 Å². The fourth-order valence-corrected chi connectivity index (χ4v) is 5.34. The Labute approximate surface area is 182 Å². The molecule has 31 heavy (non-hydrogen) atoms. The van der Waals surface area contributed by atoms with Crippen LogP contribution >= 0.6 is 0 Å². The first-order chi connectivity index (χ1) is 14.8. The third kappa shape index (κ3) is 7.20. The molecule has 2 unspecified atom stereocenters. The summed E-state index contributed by atoms with van der Waals surface area (Å²) >= 11 is 0. The molecule has 1 saturated carbocycles. The number of ether oxygens (including phenoxy) is 1. The van der Waals surface area contributed by atoms with E-state index in [-0.39, 0.29) is 24.5 Å². The van der Waals surface area contributed by atoms with Crippen LogP contribution in [0.4, 0.5) is 8.78 Å². The highest BCUT2D eigenvalue weighted by molar-refractivity contribution is 7.85. The van der Waals surface area contributed by atoms with Crippen LogP contribution in [0.5, 0.6) is 0 Å². The molecule has 0 radical (unpaired) electrons. The molecule has 1 aliphatic heterocycles. The highest BCUT2D eigenvalue weighted by Gasteiger charge is 2.32. The first kappa shape index (κ1) is 24.0. The monoisotopic (exact) mass is 460 g/mol. The van der Waals surface area contributed by atoms with Crippen LogP contribution in [0.25, 0.3) is 0 Å². The molecule has 1 heterocycles. The molecule has 1 aliphatic carbocycles. The Bertz CT molecular complexity index is 839. The predicted octanol–water partition coefficient (Wildman–Crippen LogP) is 2.92. The second-order valence-corrected chi connectivity index (χ2v) is 9.51. The minimum atomic E-state index is -4.17. The molecule has 0 spiro atoms. The Morgan fingerprint density at radius 3 is 2.45 bits per heavy atom. The van der Waals surface area contributed by atoms with Crippen LogP contribution in [-0.4, -0.2) is 45.7 Å². The van der Waals surface area contributed by atoms with E-state index in [4.69, 9.17) is 4.74 Å². The highest BCUT2D eigenvalue weighted by atomic mass is 32.2. The maximum Gasteiger partial charge on any atom is 0.385 e. The van der Waals surface area contributed by atoms with Crippen molar-refractivity contribution in [2.45, 2.75) is 76.0 Å². The molecular formula is C21H30F2N2O5S. The van der Waals surface area contributed by atoms with Gasteiger partial charge in [0.1, 0.15) is 11.6 Å². The lowest BCUT2D eigenvalue weighted by Crippen LogP contribution is -2.56. The minimum Gasteiger partial charge on any atom is -0.377 e. The normalized spacial score (nSPS) is 27.1. The zero-order valence-electron chi connectivity index (χ0n) is 17.6. The van der Waals surface area contributed by atoms with E-state index in [1.165, 1.54) is 19.1 Å². The predicted molar refractivity (Wildman–Crippen MR) is 111 cm³/mol. The largest absolute Gasteiger partial charge is 0.385 e. The lowest BCUT2D eigenvalue weighted by Gasteiger charge is -2.35. The molecule has 2 N–H and O–H groups in total. The van der Waals surface area contributed by atoms with Crippen LogP contribution in [0, 0.1) is 11.6 Å². The summed E-state index contributed by atoms with van der Waals surface area (Å²) in [5, 5.41) is 3.27. The van der Waals surface area contributed by atoms with Crippen molar-refractivity contribution in [3.05, 3.63) is 35.4 Å².